The number of ether oxygens (including phenoxy) is 1. The van der Waals surface area contributed by atoms with Crippen LogP contribution in [0.1, 0.15) is 10.5 Å². The second kappa shape index (κ2) is 6.90. The van der Waals surface area contributed by atoms with Gasteiger partial charge in [-0.2, -0.15) is 5.10 Å². The molecule has 2 aromatic rings. The average molecular weight is 310 g/mol. The third-order valence-electron chi connectivity index (χ3n) is 2.53. The molecule has 0 aliphatic heterocycles. The van der Waals surface area contributed by atoms with Crippen LogP contribution in [0.5, 0.6) is 5.75 Å². The Morgan fingerprint density at radius 1 is 1.52 bits per heavy atom. The maximum absolute atomic E-state index is 13.0. The molecule has 2 rings (SSSR count). The topological polar surface area (TPSA) is 56.2 Å². The third-order valence-corrected chi connectivity index (χ3v) is 2.82. The summed E-state index contributed by atoms with van der Waals surface area (Å²) >= 11 is 5.65. The minimum Gasteiger partial charge on any atom is -0.471 e. The second-order valence-corrected chi connectivity index (χ2v) is 4.50. The molecule has 0 atom stereocenters. The molecule has 0 saturated heterocycles. The SMILES string of the molecule is C=CCNC(=O)c1ccn(COc2ccc(F)c(Cl)c2)n1. The van der Waals surface area contributed by atoms with Crippen molar-refractivity contribution in [3.63, 3.8) is 0 Å². The smallest absolute Gasteiger partial charge is 0.272 e. The number of hydrogen-bond donors (Lipinski definition) is 1. The Morgan fingerprint density at radius 2 is 2.33 bits per heavy atom. The van der Waals surface area contributed by atoms with Gasteiger partial charge in [-0.15, -0.1) is 6.58 Å². The molecule has 0 radical (unpaired) electrons. The molecule has 110 valence electrons. The van der Waals surface area contributed by atoms with E-state index in [2.05, 4.69) is 17.0 Å². The van der Waals surface area contributed by atoms with Crippen LogP contribution in [-0.4, -0.2) is 22.2 Å². The van der Waals surface area contributed by atoms with Gasteiger partial charge in [-0.3, -0.25) is 4.79 Å². The summed E-state index contributed by atoms with van der Waals surface area (Å²) in [6, 6.07) is 5.62. The standard InChI is InChI=1S/C14H13ClFN3O2/c1-2-6-17-14(20)13-5-7-19(18-13)9-21-10-3-4-12(16)11(15)8-10/h2-5,7-8H,1,6,9H2,(H,17,20). The molecule has 5 nitrogen and oxygen atoms in total. The van der Waals surface area contributed by atoms with Gasteiger partial charge in [0.15, 0.2) is 6.73 Å². The van der Waals surface area contributed by atoms with Gasteiger partial charge >= 0.3 is 0 Å². The molecule has 1 aromatic carbocycles. The number of carbonyl (C=O) groups excluding carboxylic acids is 1. The van der Waals surface area contributed by atoms with Gasteiger partial charge in [0.05, 0.1) is 5.02 Å². The van der Waals surface area contributed by atoms with Gasteiger partial charge in [-0.25, -0.2) is 9.07 Å². The summed E-state index contributed by atoms with van der Waals surface area (Å²) in [5.41, 5.74) is 0.276. The van der Waals surface area contributed by atoms with Crippen molar-refractivity contribution < 1.29 is 13.9 Å². The lowest BCUT2D eigenvalue weighted by atomic mass is 10.3. The quantitative estimate of drug-likeness (QED) is 0.835. The Balaban J connectivity index is 1.94. The molecular formula is C14H13ClFN3O2. The van der Waals surface area contributed by atoms with E-state index >= 15 is 0 Å². The molecular weight excluding hydrogens is 297 g/mol. The second-order valence-electron chi connectivity index (χ2n) is 4.09. The van der Waals surface area contributed by atoms with Crippen LogP contribution in [-0.2, 0) is 6.73 Å². The van der Waals surface area contributed by atoms with Gasteiger partial charge in [0.25, 0.3) is 5.91 Å². The predicted octanol–water partition coefficient (Wildman–Crippen LogP) is 2.63. The van der Waals surface area contributed by atoms with Crippen LogP contribution in [0.15, 0.2) is 43.1 Å². The molecule has 1 amide bonds. The van der Waals surface area contributed by atoms with Crippen LogP contribution in [0.2, 0.25) is 5.02 Å². The zero-order valence-electron chi connectivity index (χ0n) is 11.1. The minimum atomic E-state index is -0.510. The fraction of sp³-hybridized carbons (Fsp3) is 0.143. The van der Waals surface area contributed by atoms with Crippen LogP contribution in [0, 0.1) is 5.82 Å². The predicted molar refractivity (Wildman–Crippen MR) is 76.8 cm³/mol. The van der Waals surface area contributed by atoms with Crippen LogP contribution >= 0.6 is 11.6 Å². The molecule has 1 heterocycles. The Labute approximate surface area is 126 Å². The summed E-state index contributed by atoms with van der Waals surface area (Å²) in [4.78, 5) is 11.6. The number of nitrogens with one attached hydrogen (secondary N) is 1. The molecule has 0 bridgehead atoms. The van der Waals surface area contributed by atoms with Crippen molar-refractivity contribution in [3.8, 4) is 5.75 Å². The van der Waals surface area contributed by atoms with Crippen LogP contribution in [0.4, 0.5) is 4.39 Å². The first-order valence-electron chi connectivity index (χ1n) is 6.10. The molecule has 0 fully saturated rings. The summed E-state index contributed by atoms with van der Waals surface area (Å²) in [6.45, 7) is 3.96. The van der Waals surface area contributed by atoms with Gasteiger partial charge in [0.2, 0.25) is 0 Å². The number of halogens is 2. The maximum Gasteiger partial charge on any atom is 0.272 e. The molecule has 1 aromatic heterocycles. The van der Waals surface area contributed by atoms with E-state index in [9.17, 15) is 9.18 Å². The zero-order chi connectivity index (χ0) is 15.2. The number of hydrogen-bond acceptors (Lipinski definition) is 3. The monoisotopic (exact) mass is 309 g/mol. The number of nitrogens with zero attached hydrogens (tertiary/aromatic N) is 2. The van der Waals surface area contributed by atoms with Crippen molar-refractivity contribution in [1.82, 2.24) is 15.1 Å². The maximum atomic E-state index is 13.0. The molecule has 0 aliphatic rings. The molecule has 0 spiro atoms. The Hall–Kier alpha value is -2.34. The van der Waals surface area contributed by atoms with Crippen molar-refractivity contribution >= 4 is 17.5 Å². The van der Waals surface area contributed by atoms with Gasteiger partial charge in [0.1, 0.15) is 17.3 Å². The van der Waals surface area contributed by atoms with Crippen molar-refractivity contribution in [2.24, 2.45) is 0 Å². The molecule has 21 heavy (non-hydrogen) atoms. The summed E-state index contributed by atoms with van der Waals surface area (Å²) in [5.74, 6) is -0.391. The third kappa shape index (κ3) is 4.06. The van der Waals surface area contributed by atoms with Crippen LogP contribution in [0.25, 0.3) is 0 Å². The first-order chi connectivity index (χ1) is 10.1. The number of carbonyl (C=O) groups is 1. The van der Waals surface area contributed by atoms with E-state index in [4.69, 9.17) is 16.3 Å². The largest absolute Gasteiger partial charge is 0.471 e. The highest BCUT2D eigenvalue weighted by molar-refractivity contribution is 6.30. The summed E-state index contributed by atoms with van der Waals surface area (Å²) < 4.78 is 19.8. The number of rotatable bonds is 6. The van der Waals surface area contributed by atoms with Crippen LogP contribution in [0.3, 0.4) is 0 Å². The van der Waals surface area contributed by atoms with Gasteiger partial charge in [-0.05, 0) is 18.2 Å². The lowest BCUT2D eigenvalue weighted by Crippen LogP contribution is -2.24. The molecule has 0 saturated carbocycles. The van der Waals surface area contributed by atoms with Crippen molar-refractivity contribution in [2.45, 2.75) is 6.73 Å². The lowest BCUT2D eigenvalue weighted by molar-refractivity contribution is 0.0951. The highest BCUT2D eigenvalue weighted by atomic mass is 35.5. The Morgan fingerprint density at radius 3 is 3.05 bits per heavy atom. The van der Waals surface area contributed by atoms with Gasteiger partial charge in [0, 0.05) is 18.8 Å². The number of aromatic nitrogens is 2. The van der Waals surface area contributed by atoms with Gasteiger partial charge in [-0.1, -0.05) is 17.7 Å². The Kier molecular flexibility index (Phi) is 4.94. The van der Waals surface area contributed by atoms with E-state index in [1.807, 2.05) is 0 Å². The highest BCUT2D eigenvalue weighted by Gasteiger charge is 2.08. The van der Waals surface area contributed by atoms with Gasteiger partial charge < -0.3 is 10.1 Å². The fourth-order valence-corrected chi connectivity index (χ4v) is 1.69. The fourth-order valence-electron chi connectivity index (χ4n) is 1.52. The number of amides is 1. The summed E-state index contributed by atoms with van der Waals surface area (Å²) in [5, 5.41) is 6.66. The summed E-state index contributed by atoms with van der Waals surface area (Å²) in [7, 11) is 0. The first kappa shape index (κ1) is 15.1. The van der Waals surface area contributed by atoms with E-state index in [1.54, 1.807) is 18.3 Å². The van der Waals surface area contributed by atoms with Crippen LogP contribution < -0.4 is 10.1 Å². The van der Waals surface area contributed by atoms with E-state index in [1.165, 1.54) is 22.9 Å². The molecule has 1 N–H and O–H groups in total. The number of benzene rings is 1. The van der Waals surface area contributed by atoms with Crippen molar-refractivity contribution in [2.75, 3.05) is 6.54 Å². The minimum absolute atomic E-state index is 0.0162. The van der Waals surface area contributed by atoms with E-state index < -0.39 is 5.82 Å². The zero-order valence-corrected chi connectivity index (χ0v) is 11.8. The Bertz CT molecular complexity index is 657. The molecule has 0 unspecified atom stereocenters. The van der Waals surface area contributed by atoms with E-state index in [0.717, 1.165) is 0 Å². The lowest BCUT2D eigenvalue weighted by Gasteiger charge is -2.06. The summed E-state index contributed by atoms with van der Waals surface area (Å²) in [6.07, 6.45) is 3.18. The highest BCUT2D eigenvalue weighted by Crippen LogP contribution is 2.21. The van der Waals surface area contributed by atoms with E-state index in [0.29, 0.717) is 12.3 Å². The average Bonchev–Trinajstić information content (AvgIpc) is 2.95. The van der Waals surface area contributed by atoms with Crippen molar-refractivity contribution in [3.05, 3.63) is 59.7 Å². The van der Waals surface area contributed by atoms with E-state index in [-0.39, 0.29) is 23.4 Å². The first-order valence-corrected chi connectivity index (χ1v) is 6.48. The normalized spacial score (nSPS) is 10.2. The molecule has 7 heteroatoms. The molecule has 0 aliphatic carbocycles. The van der Waals surface area contributed by atoms with Crippen molar-refractivity contribution in [1.29, 1.82) is 0 Å².